The van der Waals surface area contributed by atoms with Crippen LogP contribution in [0.2, 0.25) is 0 Å². The Bertz CT molecular complexity index is 1640. The second kappa shape index (κ2) is 11.9. The molecule has 1 N–H and O–H groups in total. The first-order valence-electron chi connectivity index (χ1n) is 14.5. The van der Waals surface area contributed by atoms with Gasteiger partial charge in [-0.1, -0.05) is 84.9 Å². The molecule has 0 bridgehead atoms. The van der Waals surface area contributed by atoms with Crippen LogP contribution in [0.25, 0.3) is 10.8 Å². The molecule has 4 amide bonds. The van der Waals surface area contributed by atoms with Crippen LogP contribution >= 0.6 is 0 Å². The third-order valence-electron chi connectivity index (χ3n) is 8.15. The molecule has 43 heavy (non-hydrogen) atoms. The molecular weight excluding hydrogens is 545 g/mol. The number of carbonyl (C=O) groups is 3. The average molecular weight is 580 g/mol. The predicted octanol–water partition coefficient (Wildman–Crippen LogP) is 5.07. The van der Waals surface area contributed by atoms with Crippen molar-refractivity contribution in [1.29, 1.82) is 0 Å². The fourth-order valence-electron chi connectivity index (χ4n) is 6.16. The Balaban J connectivity index is 1.33. The Morgan fingerprint density at radius 3 is 2.37 bits per heavy atom. The number of nitrogens with one attached hydrogen (secondary N) is 1. The molecule has 2 aliphatic rings. The van der Waals surface area contributed by atoms with Crippen LogP contribution in [-0.2, 0) is 22.7 Å². The van der Waals surface area contributed by atoms with Gasteiger partial charge in [0.25, 0.3) is 5.91 Å². The first-order chi connectivity index (χ1) is 20.8. The molecule has 2 atom stereocenters. The van der Waals surface area contributed by atoms with Gasteiger partial charge >= 0.3 is 6.03 Å². The molecule has 2 heterocycles. The standard InChI is InChI=1S/C34H34FN5O3/c1-23(2)40(34(43)36-19-24-15-17-28(35)18-16-24)38-22-31(41)39-30(38)21-37(33(42)32(39)26-10-4-3-5-11-26)20-27-13-8-12-25-9-6-7-14-29(25)27/h3-18,23,30,32H,19-22H2,1-2H3,(H,36,43)/t30-,32+/m1/s1. The maximum absolute atomic E-state index is 14.2. The van der Waals surface area contributed by atoms with Crippen molar-refractivity contribution in [2.24, 2.45) is 0 Å². The lowest BCUT2D eigenvalue weighted by Gasteiger charge is -2.47. The summed E-state index contributed by atoms with van der Waals surface area (Å²) in [5, 5.41) is 8.43. The van der Waals surface area contributed by atoms with Gasteiger partial charge in [-0.3, -0.25) is 14.6 Å². The zero-order valence-corrected chi connectivity index (χ0v) is 24.2. The molecule has 0 radical (unpaired) electrons. The maximum atomic E-state index is 14.2. The largest absolute Gasteiger partial charge is 0.333 e. The first-order valence-corrected chi connectivity index (χ1v) is 14.5. The van der Waals surface area contributed by atoms with Gasteiger partial charge in [0.15, 0.2) is 0 Å². The number of fused-ring (bicyclic) bond motifs is 2. The van der Waals surface area contributed by atoms with Gasteiger partial charge in [0, 0.05) is 19.1 Å². The minimum absolute atomic E-state index is 0.0362. The molecule has 9 heteroatoms. The Labute approximate surface area is 250 Å². The number of nitrogens with zero attached hydrogens (tertiary/aromatic N) is 4. The van der Waals surface area contributed by atoms with Crippen LogP contribution in [0.4, 0.5) is 9.18 Å². The van der Waals surface area contributed by atoms with Gasteiger partial charge in [-0.15, -0.1) is 0 Å². The number of hydrogen-bond donors (Lipinski definition) is 1. The zero-order valence-electron chi connectivity index (χ0n) is 24.2. The van der Waals surface area contributed by atoms with E-state index in [-0.39, 0.29) is 49.3 Å². The normalized spacial score (nSPS) is 18.8. The summed E-state index contributed by atoms with van der Waals surface area (Å²) >= 11 is 0. The van der Waals surface area contributed by atoms with Crippen LogP contribution in [0.5, 0.6) is 0 Å². The molecule has 4 aromatic carbocycles. The Kier molecular flexibility index (Phi) is 7.82. The van der Waals surface area contributed by atoms with Gasteiger partial charge in [0.1, 0.15) is 18.0 Å². The lowest BCUT2D eigenvalue weighted by atomic mass is 9.99. The topological polar surface area (TPSA) is 76.2 Å². The van der Waals surface area contributed by atoms with E-state index in [1.165, 1.54) is 12.1 Å². The number of hydrazine groups is 1. The minimum atomic E-state index is -0.816. The van der Waals surface area contributed by atoms with Gasteiger partial charge < -0.3 is 15.1 Å². The van der Waals surface area contributed by atoms with Crippen molar-refractivity contribution in [3.8, 4) is 0 Å². The number of hydrogen-bond acceptors (Lipinski definition) is 4. The van der Waals surface area contributed by atoms with Gasteiger partial charge in [0.05, 0.1) is 13.1 Å². The van der Waals surface area contributed by atoms with Gasteiger partial charge in [-0.05, 0) is 53.4 Å². The highest BCUT2D eigenvalue weighted by Gasteiger charge is 2.53. The minimum Gasteiger partial charge on any atom is -0.333 e. The van der Waals surface area contributed by atoms with Crippen LogP contribution in [0.15, 0.2) is 97.1 Å². The van der Waals surface area contributed by atoms with Crippen molar-refractivity contribution in [1.82, 2.24) is 25.1 Å². The smallest absolute Gasteiger partial charge is 0.332 e. The summed E-state index contributed by atoms with van der Waals surface area (Å²) in [6.45, 7) is 4.56. The molecule has 0 saturated carbocycles. The average Bonchev–Trinajstić information content (AvgIpc) is 3.32. The quantitative estimate of drug-likeness (QED) is 0.332. The van der Waals surface area contributed by atoms with Crippen LogP contribution in [0.3, 0.4) is 0 Å². The monoisotopic (exact) mass is 579 g/mol. The molecule has 0 aromatic heterocycles. The fourth-order valence-corrected chi connectivity index (χ4v) is 6.16. The highest BCUT2D eigenvalue weighted by molar-refractivity contribution is 5.93. The molecule has 0 spiro atoms. The lowest BCUT2D eigenvalue weighted by Crippen LogP contribution is -2.63. The molecule has 0 unspecified atom stereocenters. The van der Waals surface area contributed by atoms with E-state index in [0.29, 0.717) is 6.54 Å². The lowest BCUT2D eigenvalue weighted by molar-refractivity contribution is -0.159. The number of carbonyl (C=O) groups excluding carboxylic acids is 3. The van der Waals surface area contributed by atoms with Crippen LogP contribution < -0.4 is 5.32 Å². The van der Waals surface area contributed by atoms with Crippen LogP contribution in [0, 0.1) is 5.82 Å². The number of piperazine rings is 1. The van der Waals surface area contributed by atoms with Crippen molar-refractivity contribution < 1.29 is 18.8 Å². The number of rotatable bonds is 7. The highest BCUT2D eigenvalue weighted by atomic mass is 19.1. The molecule has 6 rings (SSSR count). The van der Waals surface area contributed by atoms with Gasteiger partial charge in [-0.25, -0.2) is 9.18 Å². The summed E-state index contributed by atoms with van der Waals surface area (Å²) in [6.07, 6.45) is -0.552. The van der Waals surface area contributed by atoms with Crippen molar-refractivity contribution in [3.63, 3.8) is 0 Å². The predicted molar refractivity (Wildman–Crippen MR) is 161 cm³/mol. The SMILES string of the molecule is CC(C)N(C(=O)NCc1ccc(F)cc1)N1CC(=O)N2[C@@H](c3ccccc3)C(=O)N(Cc3cccc4ccccc34)C[C@@H]21. The van der Waals surface area contributed by atoms with Crippen molar-refractivity contribution >= 4 is 28.6 Å². The first kappa shape index (κ1) is 28.4. The van der Waals surface area contributed by atoms with E-state index in [4.69, 9.17) is 0 Å². The van der Waals surface area contributed by atoms with E-state index in [9.17, 15) is 18.8 Å². The summed E-state index contributed by atoms with van der Waals surface area (Å²) in [5.74, 6) is -0.709. The number of benzene rings is 4. The summed E-state index contributed by atoms with van der Waals surface area (Å²) in [4.78, 5) is 44.9. The molecule has 0 aliphatic carbocycles. The molecule has 8 nitrogen and oxygen atoms in total. The molecule has 4 aromatic rings. The Hall–Kier alpha value is -4.76. The summed E-state index contributed by atoms with van der Waals surface area (Å²) in [5.41, 5.74) is 2.50. The zero-order chi connectivity index (χ0) is 30.1. The molecule has 2 fully saturated rings. The fraction of sp³-hybridized carbons (Fsp3) is 0.265. The van der Waals surface area contributed by atoms with Gasteiger partial charge in [0.2, 0.25) is 5.91 Å². The summed E-state index contributed by atoms with van der Waals surface area (Å²) < 4.78 is 13.4. The van der Waals surface area contributed by atoms with E-state index in [2.05, 4.69) is 11.4 Å². The molecule has 2 saturated heterocycles. The molecule has 220 valence electrons. The van der Waals surface area contributed by atoms with E-state index in [1.807, 2.05) is 80.6 Å². The number of halogens is 1. The highest BCUT2D eigenvalue weighted by Crippen LogP contribution is 2.37. The third kappa shape index (κ3) is 5.56. The second-order valence-electron chi connectivity index (χ2n) is 11.3. The van der Waals surface area contributed by atoms with Gasteiger partial charge in [-0.2, -0.15) is 5.01 Å². The van der Waals surface area contributed by atoms with Crippen molar-refractivity contribution in [2.45, 2.75) is 45.2 Å². The van der Waals surface area contributed by atoms with Crippen molar-refractivity contribution in [2.75, 3.05) is 13.1 Å². The summed E-state index contributed by atoms with van der Waals surface area (Å²) in [6, 6.07) is 28.0. The second-order valence-corrected chi connectivity index (χ2v) is 11.3. The summed E-state index contributed by atoms with van der Waals surface area (Å²) in [7, 11) is 0. The maximum Gasteiger partial charge on any atom is 0.332 e. The van der Waals surface area contributed by atoms with Crippen molar-refractivity contribution in [3.05, 3.63) is 120 Å². The van der Waals surface area contributed by atoms with E-state index >= 15 is 0 Å². The Morgan fingerprint density at radius 2 is 1.63 bits per heavy atom. The molecule has 2 aliphatic heterocycles. The van der Waals surface area contributed by atoms with Crippen LogP contribution in [-0.4, -0.2) is 63.0 Å². The third-order valence-corrected chi connectivity index (χ3v) is 8.15. The number of urea groups is 1. The van der Waals surface area contributed by atoms with E-state index < -0.39 is 12.2 Å². The molecular formula is C34H34FN5O3. The number of amides is 4. The van der Waals surface area contributed by atoms with E-state index in [0.717, 1.165) is 27.5 Å². The van der Waals surface area contributed by atoms with Crippen LogP contribution in [0.1, 0.15) is 36.6 Å². The Morgan fingerprint density at radius 1 is 0.930 bits per heavy atom. The van der Waals surface area contributed by atoms with E-state index in [1.54, 1.807) is 32.0 Å².